The molecule has 2 aromatic rings. The molecule has 0 radical (unpaired) electrons. The molecule has 0 bridgehead atoms. The number of fused-ring (bicyclic) bond motifs is 1. The molecule has 2 heterocycles. The maximum atomic E-state index is 11.1. The number of hydrogen-bond donors (Lipinski definition) is 1. The smallest absolute Gasteiger partial charge is 0.343 e. The van der Waals surface area contributed by atoms with E-state index in [0.717, 1.165) is 0 Å². The zero-order chi connectivity index (χ0) is 8.55. The van der Waals surface area contributed by atoms with Gasteiger partial charge >= 0.3 is 5.97 Å². The van der Waals surface area contributed by atoms with Crippen LogP contribution in [0.5, 0.6) is 0 Å². The van der Waals surface area contributed by atoms with E-state index < -0.39 is 0 Å². The van der Waals surface area contributed by atoms with Crippen LogP contribution < -0.4 is 0 Å². The van der Waals surface area contributed by atoms with Gasteiger partial charge in [-0.1, -0.05) is 0 Å². The summed E-state index contributed by atoms with van der Waals surface area (Å²) in [5, 5.41) is 3.93. The van der Waals surface area contributed by atoms with Crippen molar-refractivity contribution in [3.05, 3.63) is 24.2 Å². The Hall–Kier alpha value is -1.78. The number of H-pyrrole nitrogens is 1. The number of imidazole rings is 1. The lowest BCUT2D eigenvalue weighted by Crippen LogP contribution is -1.99. The van der Waals surface area contributed by atoms with Gasteiger partial charge in [0.05, 0.1) is 13.3 Å². The van der Waals surface area contributed by atoms with Gasteiger partial charge in [-0.3, -0.25) is 0 Å². The van der Waals surface area contributed by atoms with Gasteiger partial charge in [0.25, 0.3) is 0 Å². The quantitative estimate of drug-likeness (QED) is 0.624. The van der Waals surface area contributed by atoms with Crippen molar-refractivity contribution in [2.24, 2.45) is 0 Å². The number of aromatic amines is 1. The van der Waals surface area contributed by atoms with Gasteiger partial charge in [0.1, 0.15) is 11.2 Å². The predicted molar refractivity (Wildman–Crippen MR) is 40.9 cm³/mol. The van der Waals surface area contributed by atoms with E-state index in [9.17, 15) is 4.79 Å². The molecule has 62 valence electrons. The molecular weight excluding hydrogens is 158 g/mol. The average molecular weight is 165 g/mol. The molecule has 0 spiro atoms. The highest BCUT2D eigenvalue weighted by molar-refractivity contribution is 5.95. The summed E-state index contributed by atoms with van der Waals surface area (Å²) < 4.78 is 6.14. The van der Waals surface area contributed by atoms with E-state index in [1.54, 1.807) is 16.9 Å². The number of carbonyl (C=O) groups is 1. The third-order valence-electron chi connectivity index (χ3n) is 1.64. The number of methoxy groups -OCH3 is 1. The fraction of sp³-hybridized carbons (Fsp3) is 0.143. The SMILES string of the molecule is COC(=O)c1cnn2cc[nH]c12. The van der Waals surface area contributed by atoms with Crippen LogP contribution in [0.2, 0.25) is 0 Å². The first-order valence-electron chi connectivity index (χ1n) is 3.42. The van der Waals surface area contributed by atoms with Gasteiger partial charge < -0.3 is 9.72 Å². The molecular formula is C7H7N3O2. The zero-order valence-corrected chi connectivity index (χ0v) is 6.44. The van der Waals surface area contributed by atoms with E-state index in [2.05, 4.69) is 14.8 Å². The minimum atomic E-state index is -0.382. The lowest BCUT2D eigenvalue weighted by atomic mass is 10.3. The van der Waals surface area contributed by atoms with E-state index in [0.29, 0.717) is 11.2 Å². The van der Waals surface area contributed by atoms with Crippen molar-refractivity contribution in [3.63, 3.8) is 0 Å². The van der Waals surface area contributed by atoms with Gasteiger partial charge in [-0.25, -0.2) is 9.31 Å². The summed E-state index contributed by atoms with van der Waals surface area (Å²) in [4.78, 5) is 14.0. The molecule has 0 unspecified atom stereocenters. The molecule has 0 fully saturated rings. The van der Waals surface area contributed by atoms with E-state index in [1.807, 2.05) is 0 Å². The lowest BCUT2D eigenvalue weighted by Gasteiger charge is -1.92. The second-order valence-electron chi connectivity index (χ2n) is 2.30. The summed E-state index contributed by atoms with van der Waals surface area (Å²) in [5.74, 6) is -0.382. The van der Waals surface area contributed by atoms with Gasteiger partial charge in [-0.2, -0.15) is 5.10 Å². The summed E-state index contributed by atoms with van der Waals surface area (Å²) in [6.07, 6.45) is 4.90. The summed E-state index contributed by atoms with van der Waals surface area (Å²) in [5.41, 5.74) is 1.10. The van der Waals surface area contributed by atoms with Crippen molar-refractivity contribution in [3.8, 4) is 0 Å². The fourth-order valence-corrected chi connectivity index (χ4v) is 1.07. The summed E-state index contributed by atoms with van der Waals surface area (Å²) in [7, 11) is 1.34. The van der Waals surface area contributed by atoms with Crippen LogP contribution in [0.4, 0.5) is 0 Å². The van der Waals surface area contributed by atoms with Crippen molar-refractivity contribution < 1.29 is 9.53 Å². The van der Waals surface area contributed by atoms with E-state index in [4.69, 9.17) is 0 Å². The Kier molecular flexibility index (Phi) is 1.36. The third kappa shape index (κ3) is 0.795. The Balaban J connectivity index is 2.61. The highest BCUT2D eigenvalue weighted by Gasteiger charge is 2.12. The second kappa shape index (κ2) is 2.37. The highest BCUT2D eigenvalue weighted by atomic mass is 16.5. The molecule has 0 saturated heterocycles. The van der Waals surface area contributed by atoms with Gasteiger partial charge in [0, 0.05) is 12.4 Å². The lowest BCUT2D eigenvalue weighted by molar-refractivity contribution is 0.0602. The number of nitrogens with zero attached hydrogens (tertiary/aromatic N) is 2. The molecule has 2 rings (SSSR count). The molecule has 0 aliphatic carbocycles. The average Bonchev–Trinajstić information content (AvgIpc) is 2.62. The van der Waals surface area contributed by atoms with E-state index >= 15 is 0 Å². The van der Waals surface area contributed by atoms with Gasteiger partial charge in [0.2, 0.25) is 0 Å². The highest BCUT2D eigenvalue weighted by Crippen LogP contribution is 2.07. The second-order valence-corrected chi connectivity index (χ2v) is 2.30. The molecule has 0 amide bonds. The Morgan fingerprint density at radius 1 is 1.75 bits per heavy atom. The Labute approximate surface area is 68.0 Å². The molecule has 0 aliphatic rings. The van der Waals surface area contributed by atoms with Crippen LogP contribution in [-0.4, -0.2) is 27.7 Å². The van der Waals surface area contributed by atoms with Crippen molar-refractivity contribution in [2.45, 2.75) is 0 Å². The molecule has 0 aromatic carbocycles. The number of aromatic nitrogens is 3. The van der Waals surface area contributed by atoms with Crippen LogP contribution in [0.1, 0.15) is 10.4 Å². The van der Waals surface area contributed by atoms with Crippen LogP contribution in [0, 0.1) is 0 Å². The van der Waals surface area contributed by atoms with Crippen molar-refractivity contribution in [1.82, 2.24) is 14.6 Å². The molecule has 0 atom stereocenters. The minimum absolute atomic E-state index is 0.382. The number of ether oxygens (including phenoxy) is 1. The van der Waals surface area contributed by atoms with Crippen molar-refractivity contribution in [2.75, 3.05) is 7.11 Å². The molecule has 12 heavy (non-hydrogen) atoms. The minimum Gasteiger partial charge on any atom is -0.465 e. The Morgan fingerprint density at radius 2 is 2.58 bits per heavy atom. The first-order chi connectivity index (χ1) is 5.83. The standard InChI is InChI=1S/C7H7N3O2/c1-12-7(11)5-4-9-10-3-2-8-6(5)10/h2-4,8H,1H3. The molecule has 2 aromatic heterocycles. The monoisotopic (exact) mass is 165 g/mol. The number of rotatable bonds is 1. The van der Waals surface area contributed by atoms with Crippen LogP contribution in [0.3, 0.4) is 0 Å². The predicted octanol–water partition coefficient (Wildman–Crippen LogP) is 0.449. The molecule has 0 saturated carbocycles. The normalized spacial score (nSPS) is 10.4. The number of hydrogen-bond acceptors (Lipinski definition) is 3. The summed E-state index contributed by atoms with van der Waals surface area (Å²) in [6.45, 7) is 0. The van der Waals surface area contributed by atoms with E-state index in [1.165, 1.54) is 13.3 Å². The number of nitrogens with one attached hydrogen (secondary N) is 1. The molecule has 5 heteroatoms. The van der Waals surface area contributed by atoms with Crippen molar-refractivity contribution in [1.29, 1.82) is 0 Å². The fourth-order valence-electron chi connectivity index (χ4n) is 1.07. The van der Waals surface area contributed by atoms with Crippen molar-refractivity contribution >= 4 is 11.6 Å². The van der Waals surface area contributed by atoms with Crippen LogP contribution in [0.25, 0.3) is 5.65 Å². The summed E-state index contributed by atoms with van der Waals surface area (Å²) in [6, 6.07) is 0. The topological polar surface area (TPSA) is 59.4 Å². The first kappa shape index (κ1) is 6.90. The van der Waals surface area contributed by atoms with Gasteiger partial charge in [-0.15, -0.1) is 0 Å². The zero-order valence-electron chi connectivity index (χ0n) is 6.44. The van der Waals surface area contributed by atoms with Gasteiger partial charge in [0.15, 0.2) is 0 Å². The molecule has 1 N–H and O–H groups in total. The van der Waals surface area contributed by atoms with E-state index in [-0.39, 0.29) is 5.97 Å². The Morgan fingerprint density at radius 3 is 3.33 bits per heavy atom. The van der Waals surface area contributed by atoms with Crippen LogP contribution in [0.15, 0.2) is 18.6 Å². The Bertz CT molecular complexity index is 415. The van der Waals surface area contributed by atoms with Crippen LogP contribution in [-0.2, 0) is 4.74 Å². The van der Waals surface area contributed by atoms with Gasteiger partial charge in [-0.05, 0) is 0 Å². The summed E-state index contributed by atoms with van der Waals surface area (Å²) >= 11 is 0. The molecule has 0 aliphatic heterocycles. The first-order valence-corrected chi connectivity index (χ1v) is 3.42. The molecule has 5 nitrogen and oxygen atoms in total. The van der Waals surface area contributed by atoms with Crippen LogP contribution >= 0.6 is 0 Å². The maximum Gasteiger partial charge on any atom is 0.343 e. The largest absolute Gasteiger partial charge is 0.465 e. The number of esters is 1. The maximum absolute atomic E-state index is 11.1. The number of carbonyl (C=O) groups excluding carboxylic acids is 1. The third-order valence-corrected chi connectivity index (χ3v) is 1.64.